The van der Waals surface area contributed by atoms with Crippen LogP contribution in [0.5, 0.6) is 0 Å². The van der Waals surface area contributed by atoms with Crippen molar-refractivity contribution in [3.05, 3.63) is 167 Å². The molecule has 0 amide bonds. The summed E-state index contributed by atoms with van der Waals surface area (Å²) in [6.07, 6.45) is 13.6. The Bertz CT molecular complexity index is 3600. The van der Waals surface area contributed by atoms with Crippen LogP contribution in [0.25, 0.3) is 27.5 Å². The lowest BCUT2D eigenvalue weighted by molar-refractivity contribution is -0.300. The smallest absolute Gasteiger partial charge is 0.253 e. The molecule has 4 nitrogen and oxygen atoms in total. The lowest BCUT2D eigenvalue weighted by atomic mass is 9.30. The summed E-state index contributed by atoms with van der Waals surface area (Å²) in [6.45, 7) is 9.23. The average molecular weight is 936 g/mol. The lowest BCUT2D eigenvalue weighted by Gasteiger charge is -2.66. The summed E-state index contributed by atoms with van der Waals surface area (Å²) in [5.74, 6) is 5.61. The monoisotopic (exact) mass is 935 g/mol. The van der Waals surface area contributed by atoms with Gasteiger partial charge in [0.25, 0.3) is 6.71 Å². The SMILES string of the molecule is Cc1cc(C)c2c(c1)c1cc(C)cc(C)c1n2-c1cc2c3c(c1)N(c1ccccc1)c1cccc4c1B3c1c(cccc1C1(OC43C4CC5CC6CC3CC56C4)C3CC4CC(C3)CC1C4)N2c1ccccc1. The van der Waals surface area contributed by atoms with Crippen LogP contribution >= 0.6 is 0 Å². The summed E-state index contributed by atoms with van der Waals surface area (Å²) in [4.78, 5) is 5.41. The molecule has 72 heavy (non-hydrogen) atoms. The molecular weight excluding hydrogens is 874 g/mol. The van der Waals surface area contributed by atoms with Gasteiger partial charge in [-0.15, -0.1) is 0 Å². The van der Waals surface area contributed by atoms with Crippen molar-refractivity contribution in [3.63, 3.8) is 0 Å². The number of rotatable bonds is 3. The molecule has 5 heteroatoms. The van der Waals surface area contributed by atoms with E-state index in [4.69, 9.17) is 4.74 Å². The Balaban J connectivity index is 1.01. The van der Waals surface area contributed by atoms with Crippen molar-refractivity contribution in [2.45, 2.75) is 103 Å². The molecule has 1 aromatic heterocycles. The maximum absolute atomic E-state index is 9.13. The van der Waals surface area contributed by atoms with Gasteiger partial charge in [-0.1, -0.05) is 83.9 Å². The fourth-order valence-electron chi connectivity index (χ4n) is 20.5. The number of benzene rings is 7. The van der Waals surface area contributed by atoms with Crippen LogP contribution in [0, 0.1) is 80.5 Å². The van der Waals surface area contributed by atoms with Crippen molar-refractivity contribution < 1.29 is 4.74 Å². The minimum atomic E-state index is -0.327. The summed E-state index contributed by atoms with van der Waals surface area (Å²) >= 11 is 0. The molecule has 4 heterocycles. The number of fused-ring (bicyclic) bond motifs is 8. The first kappa shape index (κ1) is 40.4. The molecule has 11 aliphatic rings. The first-order valence-electron chi connectivity index (χ1n) is 28.1. The molecule has 4 atom stereocenters. The van der Waals surface area contributed by atoms with Gasteiger partial charge in [0.1, 0.15) is 0 Å². The molecule has 19 rings (SSSR count). The van der Waals surface area contributed by atoms with Gasteiger partial charge in [0, 0.05) is 44.9 Å². The van der Waals surface area contributed by atoms with E-state index in [-0.39, 0.29) is 17.9 Å². The summed E-state index contributed by atoms with van der Waals surface area (Å²) in [5, 5.41) is 2.68. The Labute approximate surface area is 424 Å². The van der Waals surface area contributed by atoms with Crippen LogP contribution in [-0.2, 0) is 15.9 Å². The van der Waals surface area contributed by atoms with Crippen LogP contribution < -0.4 is 26.2 Å². The van der Waals surface area contributed by atoms with Crippen LogP contribution in [0.15, 0.2) is 133 Å². The maximum atomic E-state index is 9.13. The molecule has 7 aromatic carbocycles. The molecule has 8 saturated carbocycles. The Morgan fingerprint density at radius 1 is 0.431 bits per heavy atom. The van der Waals surface area contributed by atoms with Gasteiger partial charge in [-0.3, -0.25) is 0 Å². The Hall–Kier alpha value is -6.04. The van der Waals surface area contributed by atoms with Crippen molar-refractivity contribution in [3.8, 4) is 5.69 Å². The highest BCUT2D eigenvalue weighted by molar-refractivity contribution is 7.01. The fourth-order valence-corrected chi connectivity index (χ4v) is 20.5. The Morgan fingerprint density at radius 3 is 1.40 bits per heavy atom. The Kier molecular flexibility index (Phi) is 7.51. The largest absolute Gasteiger partial charge is 0.358 e. The van der Waals surface area contributed by atoms with E-state index in [9.17, 15) is 0 Å². The lowest BCUT2D eigenvalue weighted by Crippen LogP contribution is -2.71. The first-order chi connectivity index (χ1) is 35.2. The van der Waals surface area contributed by atoms with E-state index < -0.39 is 0 Å². The van der Waals surface area contributed by atoms with Crippen LogP contribution in [0.2, 0.25) is 0 Å². The van der Waals surface area contributed by atoms with Gasteiger partial charge >= 0.3 is 0 Å². The molecule has 354 valence electrons. The summed E-state index contributed by atoms with van der Waals surface area (Å²) < 4.78 is 11.8. The zero-order chi connectivity index (χ0) is 47.3. The molecule has 8 aromatic rings. The predicted octanol–water partition coefficient (Wildman–Crippen LogP) is 14.4. The van der Waals surface area contributed by atoms with Gasteiger partial charge in [0.15, 0.2) is 0 Å². The normalized spacial score (nSPS) is 33.0. The molecular formula is C67H62BN3O. The van der Waals surface area contributed by atoms with Crippen molar-refractivity contribution in [2.24, 2.45) is 52.8 Å². The molecule has 0 saturated heterocycles. The van der Waals surface area contributed by atoms with Gasteiger partial charge in [0.2, 0.25) is 0 Å². The molecule has 8 aliphatic carbocycles. The number of ether oxygens (including phenoxy) is 1. The number of para-hydroxylation sites is 2. The van der Waals surface area contributed by atoms with Crippen LogP contribution in [0.1, 0.15) is 97.6 Å². The average Bonchev–Trinajstić information content (AvgIpc) is 3.96. The van der Waals surface area contributed by atoms with Crippen molar-refractivity contribution in [1.82, 2.24) is 4.57 Å². The predicted molar refractivity (Wildman–Crippen MR) is 295 cm³/mol. The summed E-state index contributed by atoms with van der Waals surface area (Å²) in [7, 11) is 0. The van der Waals surface area contributed by atoms with Crippen LogP contribution in [0.3, 0.4) is 0 Å². The molecule has 3 aliphatic heterocycles. The second-order valence-electron chi connectivity index (χ2n) is 25.6. The number of aromatic nitrogens is 1. The van der Waals surface area contributed by atoms with E-state index in [1.165, 1.54) is 164 Å². The van der Waals surface area contributed by atoms with E-state index in [1.54, 1.807) is 11.1 Å². The maximum Gasteiger partial charge on any atom is 0.253 e. The van der Waals surface area contributed by atoms with Gasteiger partial charge in [-0.2, -0.15) is 0 Å². The van der Waals surface area contributed by atoms with E-state index >= 15 is 0 Å². The van der Waals surface area contributed by atoms with Gasteiger partial charge < -0.3 is 19.1 Å². The van der Waals surface area contributed by atoms with Gasteiger partial charge in [0.05, 0.1) is 27.9 Å². The molecule has 8 fully saturated rings. The van der Waals surface area contributed by atoms with Gasteiger partial charge in [-0.25, -0.2) is 0 Å². The molecule has 4 unspecified atom stereocenters. The fraction of sp³-hybridized carbons (Fsp3) is 0.373. The number of nitrogens with zero attached hydrogens (tertiary/aromatic N) is 3. The third-order valence-corrected chi connectivity index (χ3v) is 22.4. The minimum absolute atomic E-state index is 0.0483. The van der Waals surface area contributed by atoms with Crippen molar-refractivity contribution in [2.75, 3.05) is 9.80 Å². The highest BCUT2D eigenvalue weighted by atomic mass is 16.5. The summed E-state index contributed by atoms with van der Waals surface area (Å²) in [6, 6.07) is 53.0. The van der Waals surface area contributed by atoms with Crippen molar-refractivity contribution in [1.29, 1.82) is 0 Å². The van der Waals surface area contributed by atoms with E-state index in [2.05, 4.69) is 176 Å². The Morgan fingerprint density at radius 2 is 0.903 bits per heavy atom. The van der Waals surface area contributed by atoms with Crippen LogP contribution in [0.4, 0.5) is 34.1 Å². The van der Waals surface area contributed by atoms with Crippen LogP contribution in [-0.4, -0.2) is 11.3 Å². The third kappa shape index (κ3) is 4.63. The number of anilines is 6. The number of hydrogen-bond acceptors (Lipinski definition) is 3. The second kappa shape index (κ2) is 13.4. The molecule has 7 bridgehead atoms. The molecule has 0 radical (unpaired) electrons. The quantitative estimate of drug-likeness (QED) is 0.165. The van der Waals surface area contributed by atoms with E-state index in [0.29, 0.717) is 29.1 Å². The van der Waals surface area contributed by atoms with Gasteiger partial charge in [-0.05, 0) is 244 Å². The summed E-state index contributed by atoms with van der Waals surface area (Å²) in [5.41, 5.74) is 24.3. The first-order valence-corrected chi connectivity index (χ1v) is 28.1. The zero-order valence-corrected chi connectivity index (χ0v) is 42.2. The second-order valence-corrected chi connectivity index (χ2v) is 25.6. The molecule has 3 spiro atoms. The number of hydrogen-bond donors (Lipinski definition) is 0. The van der Waals surface area contributed by atoms with Crippen molar-refractivity contribution >= 4 is 79.0 Å². The molecule has 0 N–H and O–H groups in total. The van der Waals surface area contributed by atoms with E-state index in [0.717, 1.165) is 23.7 Å². The minimum Gasteiger partial charge on any atom is -0.358 e. The highest BCUT2D eigenvalue weighted by Gasteiger charge is 2.77. The standard InChI is InChI=1S/C67H62BN3O/c1-37-21-39(3)63-52(23-37)53-24-38(2)22-40(4)64(53)71(63)51-33-58-62-59(34-51)70(50-15-9-6-10-16-50)57-20-12-18-55-61(57)68(62)60-54(17-11-19-56(60)69(58)49-13-7-5-8-14-49)66(45-26-41-25-42(28-45)29-46(66)27-41)72-67(55)47-31-43-30-44-32-48(67)36-65(43,44)35-47/h5-24,33-34,41-48H,25-32,35-36H2,1-4H3. The topological polar surface area (TPSA) is 20.6 Å². The third-order valence-electron chi connectivity index (χ3n) is 22.4. The number of aryl methyl sites for hydroxylation is 4. The van der Waals surface area contributed by atoms with E-state index in [1.807, 2.05) is 0 Å². The zero-order valence-electron chi connectivity index (χ0n) is 42.2. The highest BCUT2D eigenvalue weighted by Crippen LogP contribution is 2.81.